The fourth-order valence-electron chi connectivity index (χ4n) is 8.89. The van der Waals surface area contributed by atoms with Crippen molar-refractivity contribution in [3.8, 4) is 40.3 Å². The molecule has 0 fully saturated rings. The second kappa shape index (κ2) is 11.8. The SMILES string of the molecule is N#Cc1cc(-c2ccccc2-n2c3ccccc3c3c(C#N)cccc32)ccc1-n1c2ccccc2c2cccc(-n3c4ccccc4c4ccccc43)c21. The zero-order chi connectivity index (χ0) is 36.6. The Labute approximate surface area is 316 Å². The van der Waals surface area contributed by atoms with Crippen LogP contribution in [0.1, 0.15) is 11.1 Å². The molecule has 0 aliphatic rings. The van der Waals surface area contributed by atoms with Crippen molar-refractivity contribution in [3.05, 3.63) is 187 Å². The standard InChI is InChI=1S/C50H29N5/c51-30-33-13-11-25-47-49(33)40-18-5-10-24-46(40)53(47)42-20-6-1-14-35(42)32-27-28-41(34(29-32)31-52)55-45-23-9-4-17-38(45)39-19-12-26-48(50(39)55)54-43-21-7-2-15-36(43)37-16-3-8-22-44(37)54/h1-29H. The lowest BCUT2D eigenvalue weighted by Crippen LogP contribution is -2.03. The first kappa shape index (κ1) is 30.7. The molecule has 0 aliphatic heterocycles. The van der Waals surface area contributed by atoms with Gasteiger partial charge >= 0.3 is 0 Å². The molecular weight excluding hydrogens is 671 g/mol. The van der Waals surface area contributed by atoms with Gasteiger partial charge < -0.3 is 13.7 Å². The van der Waals surface area contributed by atoms with E-state index in [4.69, 9.17) is 0 Å². The van der Waals surface area contributed by atoms with Crippen molar-refractivity contribution in [2.75, 3.05) is 0 Å². The van der Waals surface area contributed by atoms with E-state index in [0.29, 0.717) is 11.1 Å². The summed E-state index contributed by atoms with van der Waals surface area (Å²) in [6.45, 7) is 0. The van der Waals surface area contributed by atoms with Crippen molar-refractivity contribution in [1.82, 2.24) is 13.7 Å². The Bertz CT molecular complexity index is 3420. The van der Waals surface area contributed by atoms with Crippen molar-refractivity contribution in [2.45, 2.75) is 0 Å². The topological polar surface area (TPSA) is 62.4 Å². The Morgan fingerprint density at radius 1 is 0.345 bits per heavy atom. The summed E-state index contributed by atoms with van der Waals surface area (Å²) < 4.78 is 6.88. The van der Waals surface area contributed by atoms with E-state index in [9.17, 15) is 10.5 Å². The van der Waals surface area contributed by atoms with Crippen LogP contribution in [0.2, 0.25) is 0 Å². The van der Waals surface area contributed by atoms with E-state index in [-0.39, 0.29) is 0 Å². The van der Waals surface area contributed by atoms with Gasteiger partial charge in [0.1, 0.15) is 6.07 Å². The van der Waals surface area contributed by atoms with Gasteiger partial charge in [-0.15, -0.1) is 0 Å². The van der Waals surface area contributed by atoms with Crippen LogP contribution in [0.3, 0.4) is 0 Å². The number of hydrogen-bond acceptors (Lipinski definition) is 2. The summed E-state index contributed by atoms with van der Waals surface area (Å²) in [7, 11) is 0. The van der Waals surface area contributed by atoms with Crippen LogP contribution in [0.4, 0.5) is 0 Å². The van der Waals surface area contributed by atoms with E-state index in [1.54, 1.807) is 0 Å². The van der Waals surface area contributed by atoms with E-state index in [1.165, 1.54) is 10.8 Å². The Hall–Kier alpha value is -7.86. The third-order valence-electron chi connectivity index (χ3n) is 11.1. The number of nitrogens with zero attached hydrogens (tertiary/aromatic N) is 5. The zero-order valence-corrected chi connectivity index (χ0v) is 29.5. The van der Waals surface area contributed by atoms with Gasteiger partial charge in [0.2, 0.25) is 0 Å². The Morgan fingerprint density at radius 3 is 1.53 bits per heavy atom. The van der Waals surface area contributed by atoms with Gasteiger partial charge in [-0.25, -0.2) is 0 Å². The number of hydrogen-bond donors (Lipinski definition) is 0. The molecule has 11 rings (SSSR count). The number of benzene rings is 8. The molecule has 254 valence electrons. The van der Waals surface area contributed by atoms with Crippen LogP contribution in [0.15, 0.2) is 176 Å². The maximum absolute atomic E-state index is 11.0. The molecule has 0 saturated heterocycles. The average molecular weight is 700 g/mol. The minimum atomic E-state index is 0.570. The minimum Gasteiger partial charge on any atom is -0.309 e. The van der Waals surface area contributed by atoms with Gasteiger partial charge in [0.25, 0.3) is 0 Å². The summed E-state index contributed by atoms with van der Waals surface area (Å²) in [5.74, 6) is 0. The van der Waals surface area contributed by atoms with Gasteiger partial charge in [-0.3, -0.25) is 0 Å². The van der Waals surface area contributed by atoms with Gasteiger partial charge in [-0.2, -0.15) is 10.5 Å². The largest absolute Gasteiger partial charge is 0.309 e. The van der Waals surface area contributed by atoms with Crippen molar-refractivity contribution in [3.63, 3.8) is 0 Å². The molecule has 0 amide bonds. The molecule has 0 spiro atoms. The summed E-state index contributed by atoms with van der Waals surface area (Å²) in [6, 6.07) is 65.8. The van der Waals surface area contributed by atoms with E-state index in [0.717, 1.165) is 82.8 Å². The predicted molar refractivity (Wildman–Crippen MR) is 224 cm³/mol. The molecule has 5 heteroatoms. The van der Waals surface area contributed by atoms with Gasteiger partial charge in [0.05, 0.1) is 67.4 Å². The number of fused-ring (bicyclic) bond motifs is 9. The molecular formula is C50H29N5. The first-order valence-electron chi connectivity index (χ1n) is 18.3. The Balaban J connectivity index is 1.17. The Morgan fingerprint density at radius 2 is 0.836 bits per heavy atom. The van der Waals surface area contributed by atoms with Crippen LogP contribution in [0, 0.1) is 22.7 Å². The quantitative estimate of drug-likeness (QED) is 0.184. The summed E-state index contributed by atoms with van der Waals surface area (Å²) in [6.07, 6.45) is 0. The normalized spacial score (nSPS) is 11.6. The summed E-state index contributed by atoms with van der Waals surface area (Å²) in [4.78, 5) is 0. The summed E-state index contributed by atoms with van der Waals surface area (Å²) in [5, 5.41) is 27.6. The fraction of sp³-hybridized carbons (Fsp3) is 0. The van der Waals surface area contributed by atoms with E-state index in [1.807, 2.05) is 42.5 Å². The van der Waals surface area contributed by atoms with Gasteiger partial charge in [0.15, 0.2) is 0 Å². The molecule has 0 unspecified atom stereocenters. The van der Waals surface area contributed by atoms with Crippen LogP contribution in [0.25, 0.3) is 93.6 Å². The zero-order valence-electron chi connectivity index (χ0n) is 29.5. The molecule has 5 nitrogen and oxygen atoms in total. The molecule has 0 radical (unpaired) electrons. The van der Waals surface area contributed by atoms with E-state index < -0.39 is 0 Å². The first-order valence-corrected chi connectivity index (χ1v) is 18.3. The summed E-state index contributed by atoms with van der Waals surface area (Å²) in [5.41, 5.74) is 12.3. The third kappa shape index (κ3) is 4.33. The number of rotatable bonds is 4. The monoisotopic (exact) mass is 699 g/mol. The highest BCUT2D eigenvalue weighted by Crippen LogP contribution is 2.42. The van der Waals surface area contributed by atoms with Crippen LogP contribution in [-0.2, 0) is 0 Å². The van der Waals surface area contributed by atoms with Crippen molar-refractivity contribution in [2.24, 2.45) is 0 Å². The van der Waals surface area contributed by atoms with Gasteiger partial charge in [0, 0.05) is 37.9 Å². The molecule has 3 heterocycles. The van der Waals surface area contributed by atoms with E-state index >= 15 is 0 Å². The highest BCUT2D eigenvalue weighted by atomic mass is 15.1. The lowest BCUT2D eigenvalue weighted by molar-refractivity contribution is 1.12. The smallest absolute Gasteiger partial charge is 0.101 e. The van der Waals surface area contributed by atoms with E-state index in [2.05, 4.69) is 159 Å². The maximum Gasteiger partial charge on any atom is 0.101 e. The lowest BCUT2D eigenvalue weighted by atomic mass is 10.00. The predicted octanol–water partition coefficient (Wildman–Crippen LogP) is 12.4. The summed E-state index contributed by atoms with van der Waals surface area (Å²) >= 11 is 0. The Kier molecular flexibility index (Phi) is 6.61. The van der Waals surface area contributed by atoms with Crippen LogP contribution < -0.4 is 0 Å². The highest BCUT2D eigenvalue weighted by Gasteiger charge is 2.22. The molecule has 0 aliphatic carbocycles. The van der Waals surface area contributed by atoms with Crippen LogP contribution in [0.5, 0.6) is 0 Å². The minimum absolute atomic E-state index is 0.570. The molecule has 11 aromatic rings. The van der Waals surface area contributed by atoms with Crippen molar-refractivity contribution in [1.29, 1.82) is 10.5 Å². The first-order chi connectivity index (χ1) is 27.2. The second-order valence-electron chi connectivity index (χ2n) is 13.9. The number of aromatic nitrogens is 3. The molecule has 8 aromatic carbocycles. The highest BCUT2D eigenvalue weighted by molar-refractivity contribution is 6.15. The molecule has 0 saturated carbocycles. The number of para-hydroxylation sites is 6. The molecule has 0 bridgehead atoms. The third-order valence-corrected chi connectivity index (χ3v) is 11.1. The van der Waals surface area contributed by atoms with Gasteiger partial charge in [-0.1, -0.05) is 115 Å². The van der Waals surface area contributed by atoms with Crippen LogP contribution >= 0.6 is 0 Å². The molecule has 55 heavy (non-hydrogen) atoms. The second-order valence-corrected chi connectivity index (χ2v) is 13.9. The van der Waals surface area contributed by atoms with Gasteiger partial charge in [-0.05, 0) is 66.2 Å². The average Bonchev–Trinajstić information content (AvgIpc) is 3.89. The lowest BCUT2D eigenvalue weighted by Gasteiger charge is -2.17. The molecule has 3 aromatic heterocycles. The molecule has 0 N–H and O–H groups in total. The van der Waals surface area contributed by atoms with Crippen molar-refractivity contribution >= 4 is 65.4 Å². The van der Waals surface area contributed by atoms with Crippen molar-refractivity contribution < 1.29 is 0 Å². The fourth-order valence-corrected chi connectivity index (χ4v) is 8.89. The van der Waals surface area contributed by atoms with Crippen LogP contribution in [-0.4, -0.2) is 13.7 Å². The maximum atomic E-state index is 11.0. The number of nitriles is 2. The molecule has 0 atom stereocenters.